The molecule has 1 aromatic rings. The van der Waals surface area contributed by atoms with Gasteiger partial charge >= 0.3 is 10.3 Å². The maximum Gasteiger partial charge on any atom is 0.333 e. The van der Waals surface area contributed by atoms with Gasteiger partial charge in [0.05, 0.1) is 11.6 Å². The fourth-order valence-corrected chi connectivity index (χ4v) is 2.38. The molecule has 0 aliphatic carbocycles. The molecule has 0 aromatic heterocycles. The van der Waals surface area contributed by atoms with Crippen molar-refractivity contribution in [2.75, 3.05) is 6.61 Å². The van der Waals surface area contributed by atoms with E-state index in [0.29, 0.717) is 16.3 Å². The molecule has 0 amide bonds. The molecule has 1 aliphatic rings. The second-order valence-corrected chi connectivity index (χ2v) is 6.17. The van der Waals surface area contributed by atoms with Crippen LogP contribution in [-0.4, -0.2) is 20.8 Å². The van der Waals surface area contributed by atoms with Crippen LogP contribution in [-0.2, 0) is 19.2 Å². The van der Waals surface area contributed by atoms with Gasteiger partial charge in [0.25, 0.3) is 0 Å². The van der Waals surface area contributed by atoms with Crippen LogP contribution in [0.5, 0.6) is 5.75 Å². The maximum atomic E-state index is 10.9. The van der Waals surface area contributed by atoms with Gasteiger partial charge in [-0.2, -0.15) is 8.42 Å². The minimum atomic E-state index is -4.03. The normalized spacial score (nSPS) is 21.6. The zero-order valence-electron chi connectivity index (χ0n) is 10.4. The average molecular weight is 308 g/mol. The molecule has 0 spiro atoms. The van der Waals surface area contributed by atoms with E-state index in [2.05, 4.69) is 4.18 Å². The van der Waals surface area contributed by atoms with Gasteiger partial charge < -0.3 is 9.47 Å². The first kappa shape index (κ1) is 14.5. The molecule has 0 radical (unpaired) electrons. The molecule has 106 valence electrons. The topological polar surface area (TPSA) is 87.9 Å². The second-order valence-electron chi connectivity index (χ2n) is 4.54. The largest absolute Gasteiger partial charge is 0.461 e. The van der Waals surface area contributed by atoms with Crippen molar-refractivity contribution in [3.05, 3.63) is 28.8 Å². The van der Waals surface area contributed by atoms with Crippen molar-refractivity contribution in [2.45, 2.75) is 25.7 Å². The lowest BCUT2D eigenvalue weighted by Crippen LogP contribution is -2.39. The quantitative estimate of drug-likeness (QED) is 0.919. The highest BCUT2D eigenvalue weighted by Crippen LogP contribution is 2.42. The molecule has 0 saturated carbocycles. The highest BCUT2D eigenvalue weighted by Gasteiger charge is 2.36. The molecule has 1 aliphatic heterocycles. The smallest absolute Gasteiger partial charge is 0.333 e. The summed E-state index contributed by atoms with van der Waals surface area (Å²) in [6.45, 7) is 3.16. The summed E-state index contributed by atoms with van der Waals surface area (Å²) >= 11 is 6.06. The predicted molar refractivity (Wildman–Crippen MR) is 69.0 cm³/mol. The summed E-state index contributed by atoms with van der Waals surface area (Å²) < 4.78 is 37.5. The molecule has 0 unspecified atom stereocenters. The zero-order valence-corrected chi connectivity index (χ0v) is 12.0. The molecular formula is C11H14ClNO5S. The minimum absolute atomic E-state index is 0.237. The number of fused-ring (bicyclic) bond motifs is 1. The van der Waals surface area contributed by atoms with Crippen LogP contribution in [0, 0.1) is 0 Å². The number of benzene rings is 1. The molecule has 2 N–H and O–H groups in total. The zero-order chi connectivity index (χ0) is 14.3. The van der Waals surface area contributed by atoms with E-state index >= 15 is 0 Å². The average Bonchev–Trinajstić information content (AvgIpc) is 2.25. The van der Waals surface area contributed by atoms with E-state index in [1.807, 2.05) is 0 Å². The van der Waals surface area contributed by atoms with Crippen molar-refractivity contribution >= 4 is 21.9 Å². The number of ether oxygens (including phenoxy) is 2. The lowest BCUT2D eigenvalue weighted by Gasteiger charge is -2.37. The van der Waals surface area contributed by atoms with Gasteiger partial charge in [-0.1, -0.05) is 23.7 Å². The molecule has 19 heavy (non-hydrogen) atoms. The van der Waals surface area contributed by atoms with Crippen molar-refractivity contribution in [3.8, 4) is 5.75 Å². The van der Waals surface area contributed by atoms with E-state index in [1.54, 1.807) is 32.0 Å². The van der Waals surface area contributed by atoms with Crippen LogP contribution in [0.3, 0.4) is 0 Å². The first-order valence-corrected chi connectivity index (χ1v) is 7.35. The van der Waals surface area contributed by atoms with Crippen LogP contribution in [0.1, 0.15) is 25.5 Å². The summed E-state index contributed by atoms with van der Waals surface area (Å²) in [5.41, 5.74) is 0.621. The van der Waals surface area contributed by atoms with E-state index in [0.717, 1.165) is 0 Å². The van der Waals surface area contributed by atoms with Gasteiger partial charge in [-0.3, -0.25) is 4.18 Å². The second kappa shape index (κ2) is 4.92. The maximum absolute atomic E-state index is 10.9. The van der Waals surface area contributed by atoms with Gasteiger partial charge in [0, 0.05) is 19.4 Å². The Hall–Kier alpha value is -0.860. The summed E-state index contributed by atoms with van der Waals surface area (Å²) in [7, 11) is -4.03. The number of halogens is 1. The third-order valence-corrected chi connectivity index (χ3v) is 3.26. The van der Waals surface area contributed by atoms with Gasteiger partial charge in [-0.15, -0.1) is 0 Å². The Morgan fingerprint density at radius 2 is 2.16 bits per heavy atom. The van der Waals surface area contributed by atoms with Gasteiger partial charge in [0.2, 0.25) is 5.79 Å². The Balaban J connectivity index is 2.32. The molecule has 0 saturated heterocycles. The Bertz CT molecular complexity index is 587. The summed E-state index contributed by atoms with van der Waals surface area (Å²) in [6.07, 6.45) is -0.629. The van der Waals surface area contributed by atoms with Gasteiger partial charge in [0.15, 0.2) is 0 Å². The number of nitrogens with two attached hydrogens (primary N) is 1. The molecular weight excluding hydrogens is 294 g/mol. The third kappa shape index (κ3) is 3.58. The molecule has 6 nitrogen and oxygen atoms in total. The lowest BCUT2D eigenvalue weighted by atomic mass is 10.1. The summed E-state index contributed by atoms with van der Waals surface area (Å²) in [5, 5.41) is 5.23. The predicted octanol–water partition coefficient (Wildman–Crippen LogP) is 1.75. The van der Waals surface area contributed by atoms with Crippen LogP contribution >= 0.6 is 11.6 Å². The Morgan fingerprint density at radius 1 is 1.47 bits per heavy atom. The first-order valence-electron chi connectivity index (χ1n) is 5.50. The van der Waals surface area contributed by atoms with Gasteiger partial charge in [-0.05, 0) is 6.07 Å². The summed E-state index contributed by atoms with van der Waals surface area (Å²) in [4.78, 5) is 0. The van der Waals surface area contributed by atoms with Crippen molar-refractivity contribution in [2.24, 2.45) is 5.14 Å². The van der Waals surface area contributed by atoms with Crippen molar-refractivity contribution in [3.63, 3.8) is 0 Å². The highest BCUT2D eigenvalue weighted by atomic mass is 35.5. The van der Waals surface area contributed by atoms with Crippen LogP contribution in [0.25, 0.3) is 0 Å². The van der Waals surface area contributed by atoms with Crippen molar-refractivity contribution in [1.82, 2.24) is 0 Å². The van der Waals surface area contributed by atoms with E-state index in [-0.39, 0.29) is 6.61 Å². The molecule has 8 heteroatoms. The highest BCUT2D eigenvalue weighted by molar-refractivity contribution is 7.84. The van der Waals surface area contributed by atoms with Crippen LogP contribution in [0.2, 0.25) is 5.02 Å². The number of rotatable bonds is 3. The Kier molecular flexibility index (Phi) is 3.76. The molecule has 2 rings (SSSR count). The van der Waals surface area contributed by atoms with E-state index in [4.69, 9.17) is 26.2 Å². The third-order valence-electron chi connectivity index (χ3n) is 2.50. The molecule has 1 heterocycles. The Labute approximate surface area is 116 Å². The van der Waals surface area contributed by atoms with Crippen LogP contribution in [0.4, 0.5) is 0 Å². The van der Waals surface area contributed by atoms with Gasteiger partial charge in [-0.25, -0.2) is 5.14 Å². The SMILES string of the molecule is CC1(C)Oc2c(Cl)cccc2[C@@H](COS(N)(=O)=O)O1. The fraction of sp³-hybridized carbons (Fsp3) is 0.455. The summed E-state index contributed by atoms with van der Waals surface area (Å²) in [5.74, 6) is -0.479. The molecule has 1 atom stereocenters. The van der Waals surface area contributed by atoms with Crippen LogP contribution in [0.15, 0.2) is 18.2 Å². The number of hydrogen-bond acceptors (Lipinski definition) is 5. The van der Waals surface area contributed by atoms with Gasteiger partial charge in [0.1, 0.15) is 11.9 Å². The van der Waals surface area contributed by atoms with E-state index in [9.17, 15) is 8.42 Å². The lowest BCUT2D eigenvalue weighted by molar-refractivity contribution is -0.212. The standard InChI is InChI=1S/C11H14ClNO5S/c1-11(2)17-9(6-16-19(13,14)15)7-4-3-5-8(12)10(7)18-11/h3-5,9H,6H2,1-2H3,(H2,13,14,15)/t9-/m1/s1. The van der Waals surface area contributed by atoms with E-state index < -0.39 is 22.2 Å². The molecule has 0 fully saturated rings. The fourth-order valence-electron chi connectivity index (χ4n) is 1.84. The molecule has 1 aromatic carbocycles. The first-order chi connectivity index (χ1) is 8.68. The minimum Gasteiger partial charge on any atom is -0.461 e. The molecule has 0 bridgehead atoms. The monoisotopic (exact) mass is 307 g/mol. The van der Waals surface area contributed by atoms with Crippen molar-refractivity contribution < 1.29 is 22.1 Å². The summed E-state index contributed by atoms with van der Waals surface area (Å²) in [6, 6.07) is 5.13. The number of hydrogen-bond donors (Lipinski definition) is 1. The number of para-hydroxylation sites is 1. The van der Waals surface area contributed by atoms with E-state index in [1.165, 1.54) is 0 Å². The van der Waals surface area contributed by atoms with Crippen LogP contribution < -0.4 is 9.88 Å². The van der Waals surface area contributed by atoms with Crippen molar-refractivity contribution in [1.29, 1.82) is 0 Å². The Morgan fingerprint density at radius 3 is 2.79 bits per heavy atom.